The highest BCUT2D eigenvalue weighted by Crippen LogP contribution is 2.32. The Bertz CT molecular complexity index is 1140. The second-order valence-corrected chi connectivity index (χ2v) is 8.66. The number of ether oxygens (including phenoxy) is 1. The lowest BCUT2D eigenvalue weighted by atomic mass is 10.1. The van der Waals surface area contributed by atoms with Gasteiger partial charge in [0.15, 0.2) is 11.5 Å². The normalized spacial score (nSPS) is 12.6. The number of phenols is 1. The minimum atomic E-state index is -0.221. The highest BCUT2D eigenvalue weighted by Gasteiger charge is 2.16. The average Bonchev–Trinajstić information content (AvgIpc) is 2.70. The fourth-order valence-corrected chi connectivity index (χ4v) is 3.82. The van der Waals surface area contributed by atoms with Crippen LogP contribution in [0.1, 0.15) is 44.5 Å². The summed E-state index contributed by atoms with van der Waals surface area (Å²) in [5.74, 6) is 1.16. The van der Waals surface area contributed by atoms with Gasteiger partial charge in [-0.15, -0.1) is 0 Å². The van der Waals surface area contributed by atoms with Gasteiger partial charge < -0.3 is 9.84 Å². The molecule has 6 nitrogen and oxygen atoms in total. The molecule has 0 saturated heterocycles. The van der Waals surface area contributed by atoms with Crippen molar-refractivity contribution >= 4 is 55.6 Å². The van der Waals surface area contributed by atoms with Gasteiger partial charge in [-0.3, -0.25) is 4.79 Å². The van der Waals surface area contributed by atoms with Crippen LogP contribution in [-0.2, 0) is 0 Å². The molecule has 1 N–H and O–H groups in total. The highest BCUT2D eigenvalue weighted by molar-refractivity contribution is 14.1. The standard InChI is InChI=1S/C21H21BrIN3O3/c1-4-12(3)20-25-17-7-6-14(22)10-15(17)21(28)26(20)24-11-13-8-16(23)19(27)18(9-13)29-5-2/h6-12,27H,4-5H2,1-3H3/t12-/m1/s1. The van der Waals surface area contributed by atoms with E-state index in [-0.39, 0.29) is 17.2 Å². The van der Waals surface area contributed by atoms with E-state index in [4.69, 9.17) is 9.72 Å². The molecule has 1 aromatic heterocycles. The summed E-state index contributed by atoms with van der Waals surface area (Å²) in [6, 6.07) is 8.94. The molecule has 152 valence electrons. The van der Waals surface area contributed by atoms with Gasteiger partial charge in [0.25, 0.3) is 5.56 Å². The van der Waals surface area contributed by atoms with E-state index in [1.54, 1.807) is 24.4 Å². The Hall–Kier alpha value is -1.94. The summed E-state index contributed by atoms with van der Waals surface area (Å²) in [7, 11) is 0. The second kappa shape index (κ2) is 9.25. The molecule has 2 aromatic carbocycles. The summed E-state index contributed by atoms with van der Waals surface area (Å²) in [5.41, 5.74) is 1.14. The lowest BCUT2D eigenvalue weighted by molar-refractivity contribution is 0.317. The molecule has 0 bridgehead atoms. The van der Waals surface area contributed by atoms with Gasteiger partial charge in [0, 0.05) is 10.4 Å². The zero-order chi connectivity index (χ0) is 21.1. The van der Waals surface area contributed by atoms with Crippen molar-refractivity contribution < 1.29 is 9.84 Å². The molecule has 0 aliphatic heterocycles. The number of halogens is 2. The van der Waals surface area contributed by atoms with Gasteiger partial charge in [0.2, 0.25) is 0 Å². The molecular weight excluding hydrogens is 549 g/mol. The molecule has 8 heteroatoms. The van der Waals surface area contributed by atoms with Gasteiger partial charge in [-0.25, -0.2) is 4.98 Å². The largest absolute Gasteiger partial charge is 0.504 e. The number of phenolic OH excluding ortho intramolecular Hbond substituents is 1. The van der Waals surface area contributed by atoms with E-state index in [2.05, 4.69) is 21.0 Å². The Balaban J connectivity index is 2.16. The molecule has 0 aliphatic rings. The molecule has 0 radical (unpaired) electrons. The third-order valence-corrected chi connectivity index (χ3v) is 5.87. The fourth-order valence-electron chi connectivity index (χ4n) is 2.84. The number of hydrogen-bond acceptors (Lipinski definition) is 5. The van der Waals surface area contributed by atoms with Gasteiger partial charge in [-0.2, -0.15) is 9.78 Å². The Morgan fingerprint density at radius 1 is 1.34 bits per heavy atom. The van der Waals surface area contributed by atoms with Gasteiger partial charge in [0.05, 0.1) is 27.3 Å². The van der Waals surface area contributed by atoms with Gasteiger partial charge in [0.1, 0.15) is 5.82 Å². The number of aromatic nitrogens is 2. The average molecular weight is 570 g/mol. The maximum absolute atomic E-state index is 13.2. The van der Waals surface area contributed by atoms with Gasteiger partial charge in [-0.1, -0.05) is 29.8 Å². The second-order valence-electron chi connectivity index (χ2n) is 6.58. The zero-order valence-corrected chi connectivity index (χ0v) is 20.1. The third-order valence-electron chi connectivity index (χ3n) is 4.56. The van der Waals surface area contributed by atoms with Crippen LogP contribution in [0.25, 0.3) is 10.9 Å². The summed E-state index contributed by atoms with van der Waals surface area (Å²) in [4.78, 5) is 17.9. The molecule has 1 atom stereocenters. The van der Waals surface area contributed by atoms with E-state index in [9.17, 15) is 9.90 Å². The maximum Gasteiger partial charge on any atom is 0.282 e. The molecule has 0 amide bonds. The molecule has 29 heavy (non-hydrogen) atoms. The first-order valence-electron chi connectivity index (χ1n) is 9.27. The van der Waals surface area contributed by atoms with E-state index >= 15 is 0 Å². The Morgan fingerprint density at radius 3 is 2.79 bits per heavy atom. The predicted molar refractivity (Wildman–Crippen MR) is 127 cm³/mol. The van der Waals surface area contributed by atoms with Crippen molar-refractivity contribution in [3.05, 3.63) is 60.1 Å². The van der Waals surface area contributed by atoms with Crippen molar-refractivity contribution in [2.75, 3.05) is 6.61 Å². The van der Waals surface area contributed by atoms with E-state index < -0.39 is 0 Å². The summed E-state index contributed by atoms with van der Waals surface area (Å²) in [6.45, 7) is 6.36. The van der Waals surface area contributed by atoms with Crippen LogP contribution < -0.4 is 10.3 Å². The lowest BCUT2D eigenvalue weighted by Gasteiger charge is -2.14. The number of benzene rings is 2. The first-order valence-corrected chi connectivity index (χ1v) is 11.1. The number of aromatic hydroxyl groups is 1. The monoisotopic (exact) mass is 569 g/mol. The molecule has 3 aromatic rings. The minimum absolute atomic E-state index is 0.0619. The first-order chi connectivity index (χ1) is 13.8. The van der Waals surface area contributed by atoms with Crippen molar-refractivity contribution in [1.29, 1.82) is 0 Å². The van der Waals surface area contributed by atoms with Crippen LogP contribution in [0.3, 0.4) is 0 Å². The van der Waals surface area contributed by atoms with Crippen molar-refractivity contribution in [2.24, 2.45) is 5.10 Å². The first kappa shape index (κ1) is 21.8. The van der Waals surface area contributed by atoms with E-state index in [0.717, 1.165) is 10.9 Å². The smallest absolute Gasteiger partial charge is 0.282 e. The van der Waals surface area contributed by atoms with Crippen molar-refractivity contribution in [2.45, 2.75) is 33.1 Å². The van der Waals surface area contributed by atoms with Crippen molar-refractivity contribution in [1.82, 2.24) is 9.66 Å². The van der Waals surface area contributed by atoms with Gasteiger partial charge in [-0.05, 0) is 71.8 Å². The van der Waals surface area contributed by atoms with Crippen LogP contribution in [0.5, 0.6) is 11.5 Å². The molecule has 0 unspecified atom stereocenters. The van der Waals surface area contributed by atoms with Crippen molar-refractivity contribution in [3.63, 3.8) is 0 Å². The van der Waals surface area contributed by atoms with Crippen LogP contribution in [0, 0.1) is 3.57 Å². The summed E-state index contributed by atoms with van der Waals surface area (Å²) in [5, 5.41) is 15.1. The minimum Gasteiger partial charge on any atom is -0.504 e. The Kier molecular flexibility index (Phi) is 6.94. The summed E-state index contributed by atoms with van der Waals surface area (Å²) < 4.78 is 8.30. The van der Waals surface area contributed by atoms with E-state index in [1.165, 1.54) is 4.68 Å². The molecule has 0 aliphatic carbocycles. The van der Waals surface area contributed by atoms with Crippen LogP contribution in [0.15, 0.2) is 44.7 Å². The maximum atomic E-state index is 13.2. The molecule has 0 fully saturated rings. The number of fused-ring (bicyclic) bond motifs is 1. The fraction of sp³-hybridized carbons (Fsp3) is 0.286. The number of rotatable bonds is 6. The molecule has 3 rings (SSSR count). The zero-order valence-electron chi connectivity index (χ0n) is 16.3. The predicted octanol–water partition coefficient (Wildman–Crippen LogP) is 5.26. The van der Waals surface area contributed by atoms with Crippen LogP contribution in [0.2, 0.25) is 0 Å². The molecular formula is C21H21BrIN3O3. The van der Waals surface area contributed by atoms with Crippen LogP contribution in [-0.4, -0.2) is 27.6 Å². The topological polar surface area (TPSA) is 76.7 Å². The van der Waals surface area contributed by atoms with E-state index in [1.807, 2.05) is 55.5 Å². The summed E-state index contributed by atoms with van der Waals surface area (Å²) in [6.07, 6.45) is 2.42. The molecule has 1 heterocycles. The van der Waals surface area contributed by atoms with Crippen LogP contribution in [0.4, 0.5) is 0 Å². The van der Waals surface area contributed by atoms with E-state index in [0.29, 0.717) is 38.2 Å². The Labute approximate surface area is 190 Å². The Morgan fingerprint density at radius 2 is 2.10 bits per heavy atom. The third kappa shape index (κ3) is 4.63. The van der Waals surface area contributed by atoms with Crippen LogP contribution >= 0.6 is 38.5 Å². The SMILES string of the molecule is CCOc1cc(C=Nn2c([C@H](C)CC)nc3ccc(Br)cc3c2=O)cc(I)c1O. The van der Waals surface area contributed by atoms with Crippen molar-refractivity contribution in [3.8, 4) is 11.5 Å². The van der Waals surface area contributed by atoms with Gasteiger partial charge >= 0.3 is 0 Å². The number of nitrogens with zero attached hydrogens (tertiary/aromatic N) is 3. The highest BCUT2D eigenvalue weighted by atomic mass is 127. The quantitative estimate of drug-likeness (QED) is 0.324. The summed E-state index contributed by atoms with van der Waals surface area (Å²) >= 11 is 5.45. The molecule has 0 saturated carbocycles. The molecule has 0 spiro atoms. The lowest BCUT2D eigenvalue weighted by Crippen LogP contribution is -2.23. The number of hydrogen-bond donors (Lipinski definition) is 1.